The molecule has 184 valence electrons. The molecule has 0 amide bonds. The fraction of sp³-hybridized carbons (Fsp3) is 0.0857. The van der Waals surface area contributed by atoms with E-state index in [9.17, 15) is 0 Å². The van der Waals surface area contributed by atoms with Gasteiger partial charge in [0.2, 0.25) is 5.95 Å². The van der Waals surface area contributed by atoms with Crippen molar-refractivity contribution < 1.29 is 0 Å². The third kappa shape index (κ3) is 2.68. The normalized spacial score (nSPS) is 12.7. The summed E-state index contributed by atoms with van der Waals surface area (Å²) in [7, 11) is 0. The van der Waals surface area contributed by atoms with E-state index in [0.29, 0.717) is 0 Å². The fourth-order valence-electron chi connectivity index (χ4n) is 6.92. The monoisotopic (exact) mass is 500 g/mol. The van der Waals surface area contributed by atoms with E-state index in [-0.39, 0.29) is 0 Å². The van der Waals surface area contributed by atoms with Gasteiger partial charge in [-0.2, -0.15) is 0 Å². The van der Waals surface area contributed by atoms with Crippen molar-refractivity contribution in [3.8, 4) is 17.2 Å². The number of fused-ring (bicyclic) bond motifs is 9. The largest absolute Gasteiger partial charge is 0.339 e. The molecule has 4 heteroatoms. The van der Waals surface area contributed by atoms with Crippen LogP contribution in [-0.2, 0) is 13.0 Å². The van der Waals surface area contributed by atoms with E-state index < -0.39 is 0 Å². The van der Waals surface area contributed by atoms with E-state index in [1.54, 1.807) is 0 Å². The number of hydrogen-bond donors (Lipinski definition) is 0. The Balaban J connectivity index is 1.50. The van der Waals surface area contributed by atoms with Crippen molar-refractivity contribution in [2.75, 3.05) is 0 Å². The van der Waals surface area contributed by atoms with Crippen LogP contribution in [-0.4, -0.2) is 19.1 Å². The van der Waals surface area contributed by atoms with Gasteiger partial charge in [0.15, 0.2) is 0 Å². The summed E-state index contributed by atoms with van der Waals surface area (Å²) in [5.74, 6) is 0.720. The molecule has 3 heterocycles. The molecule has 0 unspecified atom stereocenters. The van der Waals surface area contributed by atoms with E-state index in [1.165, 1.54) is 60.2 Å². The van der Waals surface area contributed by atoms with Gasteiger partial charge in [-0.15, -0.1) is 0 Å². The second-order valence-electron chi connectivity index (χ2n) is 10.5. The number of para-hydroxylation sites is 2. The molecular formula is C35H24N4. The molecule has 0 spiro atoms. The second-order valence-corrected chi connectivity index (χ2v) is 10.5. The van der Waals surface area contributed by atoms with Gasteiger partial charge in [0, 0.05) is 44.6 Å². The topological polar surface area (TPSA) is 35.6 Å². The highest BCUT2D eigenvalue weighted by Gasteiger charge is 2.24. The van der Waals surface area contributed by atoms with Crippen molar-refractivity contribution in [2.45, 2.75) is 19.9 Å². The van der Waals surface area contributed by atoms with Gasteiger partial charge in [0.05, 0.1) is 27.8 Å². The summed E-state index contributed by atoms with van der Waals surface area (Å²) in [6.07, 6.45) is 0.913. The Morgan fingerprint density at radius 3 is 2.15 bits per heavy atom. The Morgan fingerprint density at radius 2 is 1.31 bits per heavy atom. The maximum atomic E-state index is 5.37. The van der Waals surface area contributed by atoms with Gasteiger partial charge in [-0.1, -0.05) is 84.9 Å². The molecule has 0 radical (unpaired) electrons. The zero-order chi connectivity index (χ0) is 25.7. The number of nitrogens with zero attached hydrogens (tertiary/aromatic N) is 4. The van der Waals surface area contributed by atoms with Crippen LogP contribution >= 0.6 is 0 Å². The van der Waals surface area contributed by atoms with Crippen LogP contribution in [0.5, 0.6) is 0 Å². The van der Waals surface area contributed by atoms with E-state index >= 15 is 0 Å². The van der Waals surface area contributed by atoms with E-state index in [2.05, 4.69) is 119 Å². The van der Waals surface area contributed by atoms with Gasteiger partial charge in [-0.3, -0.25) is 4.57 Å². The Hall–Kier alpha value is -4.96. The molecule has 0 fully saturated rings. The average Bonchev–Trinajstić information content (AvgIpc) is 3.50. The van der Waals surface area contributed by atoms with Gasteiger partial charge in [-0.05, 0) is 42.7 Å². The van der Waals surface area contributed by atoms with Crippen LogP contribution in [0.4, 0.5) is 0 Å². The molecule has 1 aliphatic carbocycles. The minimum absolute atomic E-state index is 0.720. The van der Waals surface area contributed by atoms with Crippen molar-refractivity contribution in [1.82, 2.24) is 19.1 Å². The zero-order valence-electron chi connectivity index (χ0n) is 21.5. The van der Waals surface area contributed by atoms with Crippen LogP contribution in [0.25, 0.3) is 71.7 Å². The van der Waals surface area contributed by atoms with Crippen LogP contribution < -0.4 is 0 Å². The predicted molar refractivity (Wildman–Crippen MR) is 161 cm³/mol. The molecule has 0 aliphatic heterocycles. The Kier molecular flexibility index (Phi) is 4.07. The van der Waals surface area contributed by atoms with Crippen LogP contribution in [0.3, 0.4) is 0 Å². The van der Waals surface area contributed by atoms with Crippen molar-refractivity contribution in [3.63, 3.8) is 0 Å². The van der Waals surface area contributed by atoms with Crippen LogP contribution in [0.15, 0.2) is 103 Å². The number of hydrogen-bond acceptors (Lipinski definition) is 2. The van der Waals surface area contributed by atoms with Gasteiger partial charge in [0.1, 0.15) is 0 Å². The zero-order valence-corrected chi connectivity index (χ0v) is 21.5. The smallest absolute Gasteiger partial charge is 0.235 e. The van der Waals surface area contributed by atoms with Crippen LogP contribution in [0.2, 0.25) is 0 Å². The first kappa shape index (κ1) is 21.0. The molecule has 9 rings (SSSR count). The molecule has 0 bridgehead atoms. The Labute approximate surface area is 224 Å². The highest BCUT2D eigenvalue weighted by molar-refractivity contribution is 6.23. The molecule has 0 saturated carbocycles. The quantitative estimate of drug-likeness (QED) is 0.239. The maximum absolute atomic E-state index is 5.37. The number of aromatic nitrogens is 4. The molecule has 8 aromatic rings. The summed E-state index contributed by atoms with van der Waals surface area (Å²) < 4.78 is 4.75. The van der Waals surface area contributed by atoms with Crippen molar-refractivity contribution in [1.29, 1.82) is 0 Å². The number of rotatable bonds is 2. The van der Waals surface area contributed by atoms with Gasteiger partial charge < -0.3 is 4.57 Å². The SMILES string of the molecule is CCn1c2ccccc2c2ccc3c4ccccc4n(-c4nc5c6c(cccc6n4)Cc4ccccc4-5)c3c21. The highest BCUT2D eigenvalue weighted by Crippen LogP contribution is 2.42. The van der Waals surface area contributed by atoms with Crippen molar-refractivity contribution in [3.05, 3.63) is 114 Å². The lowest BCUT2D eigenvalue weighted by molar-refractivity contribution is 0.827. The van der Waals surface area contributed by atoms with E-state index in [4.69, 9.17) is 9.97 Å². The highest BCUT2D eigenvalue weighted by atomic mass is 15.2. The van der Waals surface area contributed by atoms with E-state index in [1.807, 2.05) is 0 Å². The van der Waals surface area contributed by atoms with Crippen molar-refractivity contribution in [2.24, 2.45) is 0 Å². The molecule has 3 aromatic heterocycles. The first-order chi connectivity index (χ1) is 19.3. The van der Waals surface area contributed by atoms with Gasteiger partial charge >= 0.3 is 0 Å². The third-order valence-electron chi connectivity index (χ3n) is 8.53. The first-order valence-corrected chi connectivity index (χ1v) is 13.6. The van der Waals surface area contributed by atoms with Gasteiger partial charge in [-0.25, -0.2) is 9.97 Å². The third-order valence-corrected chi connectivity index (χ3v) is 8.53. The first-order valence-electron chi connectivity index (χ1n) is 13.6. The average molecular weight is 501 g/mol. The predicted octanol–water partition coefficient (Wildman–Crippen LogP) is 8.43. The minimum atomic E-state index is 0.720. The Morgan fingerprint density at radius 1 is 0.615 bits per heavy atom. The molecule has 0 N–H and O–H groups in total. The number of aryl methyl sites for hydroxylation is 1. The molecule has 0 saturated heterocycles. The summed E-state index contributed by atoms with van der Waals surface area (Å²) in [5.41, 5.74) is 10.6. The summed E-state index contributed by atoms with van der Waals surface area (Å²) in [5, 5.41) is 6.16. The maximum Gasteiger partial charge on any atom is 0.235 e. The number of benzene rings is 5. The van der Waals surface area contributed by atoms with E-state index in [0.717, 1.165) is 35.6 Å². The van der Waals surface area contributed by atoms with Gasteiger partial charge in [0.25, 0.3) is 0 Å². The summed E-state index contributed by atoms with van der Waals surface area (Å²) in [6, 6.07) is 37.1. The minimum Gasteiger partial charge on any atom is -0.339 e. The molecule has 1 aliphatic rings. The van der Waals surface area contributed by atoms with Crippen molar-refractivity contribution >= 4 is 54.5 Å². The lowest BCUT2D eigenvalue weighted by Crippen LogP contribution is -2.09. The molecule has 39 heavy (non-hydrogen) atoms. The Bertz CT molecular complexity index is 2300. The standard InChI is InChI=1S/C35H24N4/c1-2-38-29-16-7-5-13-24(29)26-18-19-27-25-14-6-8-17-30(25)39(34(27)33(26)38)35-36-28-15-9-11-22-20-21-10-3-4-12-23(21)32(37-35)31(22)28/h3-19H,2,20H2,1H3. The summed E-state index contributed by atoms with van der Waals surface area (Å²) in [6.45, 7) is 3.11. The molecular weight excluding hydrogens is 476 g/mol. The molecule has 5 aromatic carbocycles. The molecule has 0 atom stereocenters. The summed E-state index contributed by atoms with van der Waals surface area (Å²) >= 11 is 0. The molecule has 4 nitrogen and oxygen atoms in total. The van der Waals surface area contributed by atoms with Crippen LogP contribution in [0, 0.1) is 0 Å². The fourth-order valence-corrected chi connectivity index (χ4v) is 6.92. The van der Waals surface area contributed by atoms with Crippen LogP contribution in [0.1, 0.15) is 18.1 Å². The lowest BCUT2D eigenvalue weighted by Gasteiger charge is -2.20. The second kappa shape index (κ2) is 7.55. The lowest BCUT2D eigenvalue weighted by atomic mass is 9.88. The summed E-state index contributed by atoms with van der Waals surface area (Å²) in [4.78, 5) is 10.6.